The Kier molecular flexibility index (Phi) is 6.26. The largest absolute Gasteiger partial charge is 0.354 e. The van der Waals surface area contributed by atoms with E-state index in [0.29, 0.717) is 0 Å². The minimum Gasteiger partial charge on any atom is -0.354 e. The van der Waals surface area contributed by atoms with Crippen LogP contribution < -0.4 is 15.4 Å². The van der Waals surface area contributed by atoms with Crippen LogP contribution in [-0.4, -0.2) is 56.6 Å². The minimum absolute atomic E-state index is 0.0766. The Morgan fingerprint density at radius 3 is 2.59 bits per heavy atom. The van der Waals surface area contributed by atoms with Gasteiger partial charge in [0.25, 0.3) is 0 Å². The summed E-state index contributed by atoms with van der Waals surface area (Å²) < 4.78 is 2.90. The molecule has 0 unspecified atom stereocenters. The van der Waals surface area contributed by atoms with Gasteiger partial charge in [-0.05, 0) is 53.0 Å². The van der Waals surface area contributed by atoms with Crippen molar-refractivity contribution in [1.82, 2.24) is 20.3 Å². The predicted octanol–water partition coefficient (Wildman–Crippen LogP) is -0.389. The predicted molar refractivity (Wildman–Crippen MR) is 73.1 cm³/mol. The number of carbonyl (C=O) groups excluding carboxylic acids is 1. The molecule has 100 valence electrons. The second-order valence-electron chi connectivity index (χ2n) is 4.86. The molecule has 17 heavy (non-hydrogen) atoms. The molecule has 0 aromatic rings. The van der Waals surface area contributed by atoms with E-state index in [1.165, 1.54) is 0 Å². The van der Waals surface area contributed by atoms with Crippen LogP contribution in [0, 0.1) is 0 Å². The van der Waals surface area contributed by atoms with Crippen LogP contribution in [0.2, 0.25) is 0 Å². The number of nitrogens with zero attached hydrogens (tertiary/aromatic N) is 1. The fourth-order valence-electron chi connectivity index (χ4n) is 2.01. The maximum atomic E-state index is 12.1. The molecule has 0 spiro atoms. The molecular formula is C11H24N4OS. The smallest absolute Gasteiger partial charge is 0.241 e. The summed E-state index contributed by atoms with van der Waals surface area (Å²) in [6.45, 7) is 3.43. The topological polar surface area (TPSA) is 56.4 Å². The third-order valence-corrected chi connectivity index (χ3v) is 3.60. The van der Waals surface area contributed by atoms with E-state index in [4.69, 9.17) is 0 Å². The first-order valence-electron chi connectivity index (χ1n) is 6.16. The Hall–Kier alpha value is -0.300. The summed E-state index contributed by atoms with van der Waals surface area (Å²) in [5.74, 6) is 0.0766. The summed E-state index contributed by atoms with van der Waals surface area (Å²) >= 11 is 4.12. The highest BCUT2D eigenvalue weighted by Gasteiger charge is 2.38. The van der Waals surface area contributed by atoms with Crippen LogP contribution in [0.1, 0.15) is 19.3 Å². The van der Waals surface area contributed by atoms with Gasteiger partial charge in [0.15, 0.2) is 0 Å². The Morgan fingerprint density at radius 1 is 1.41 bits per heavy atom. The standard InChI is InChI=1S/C11H24N4OS/c1-15(2)9-3-6-13-10(16)11(14-17)4-7-12-8-5-11/h12,14,17H,3-9H2,1-2H3,(H,13,16). The lowest BCUT2D eigenvalue weighted by molar-refractivity contribution is -0.127. The van der Waals surface area contributed by atoms with Crippen molar-refractivity contribution in [3.05, 3.63) is 0 Å². The molecule has 1 rings (SSSR count). The molecule has 5 nitrogen and oxygen atoms in total. The molecule has 1 fully saturated rings. The zero-order chi connectivity index (χ0) is 12.7. The fraction of sp³-hybridized carbons (Fsp3) is 0.909. The molecule has 6 heteroatoms. The van der Waals surface area contributed by atoms with Crippen molar-refractivity contribution < 1.29 is 4.79 Å². The molecule has 0 saturated carbocycles. The van der Waals surface area contributed by atoms with Gasteiger partial charge >= 0.3 is 0 Å². The SMILES string of the molecule is CN(C)CCCNC(=O)C1(NS)CCNCC1. The Balaban J connectivity index is 2.33. The van der Waals surface area contributed by atoms with Crippen molar-refractivity contribution in [2.24, 2.45) is 0 Å². The van der Waals surface area contributed by atoms with E-state index < -0.39 is 5.54 Å². The summed E-state index contributed by atoms with van der Waals surface area (Å²) in [6, 6.07) is 0. The van der Waals surface area contributed by atoms with Gasteiger partial charge in [-0.25, -0.2) is 0 Å². The molecule has 0 bridgehead atoms. The highest BCUT2D eigenvalue weighted by molar-refractivity contribution is 7.78. The van der Waals surface area contributed by atoms with E-state index >= 15 is 0 Å². The molecule has 1 aliphatic heterocycles. The molecule has 1 heterocycles. The van der Waals surface area contributed by atoms with Crippen LogP contribution >= 0.6 is 12.8 Å². The molecule has 1 saturated heterocycles. The fourth-order valence-corrected chi connectivity index (χ4v) is 2.33. The molecule has 0 aromatic carbocycles. The normalized spacial score (nSPS) is 19.3. The van der Waals surface area contributed by atoms with Crippen LogP contribution in [0.3, 0.4) is 0 Å². The van der Waals surface area contributed by atoms with Gasteiger partial charge in [0.1, 0.15) is 5.54 Å². The first-order valence-corrected chi connectivity index (χ1v) is 6.60. The van der Waals surface area contributed by atoms with Crippen molar-refractivity contribution in [3.63, 3.8) is 0 Å². The van der Waals surface area contributed by atoms with E-state index in [1.54, 1.807) is 0 Å². The Morgan fingerprint density at radius 2 is 2.06 bits per heavy atom. The lowest BCUT2D eigenvalue weighted by Crippen LogP contribution is -2.59. The van der Waals surface area contributed by atoms with Crippen LogP contribution in [-0.2, 0) is 4.79 Å². The first-order chi connectivity index (χ1) is 8.10. The summed E-state index contributed by atoms with van der Waals surface area (Å²) in [5, 5.41) is 6.24. The molecule has 0 aromatic heterocycles. The van der Waals surface area contributed by atoms with Gasteiger partial charge in [0, 0.05) is 6.54 Å². The van der Waals surface area contributed by atoms with E-state index in [-0.39, 0.29) is 5.91 Å². The summed E-state index contributed by atoms with van der Waals surface area (Å²) in [5.41, 5.74) is -0.494. The number of nitrogens with one attached hydrogen (secondary N) is 3. The molecular weight excluding hydrogens is 236 g/mol. The summed E-state index contributed by atoms with van der Waals surface area (Å²) in [4.78, 5) is 14.2. The zero-order valence-corrected chi connectivity index (χ0v) is 11.6. The molecule has 0 atom stereocenters. The Bertz CT molecular complexity index is 242. The van der Waals surface area contributed by atoms with Gasteiger partial charge in [-0.2, -0.15) is 0 Å². The van der Waals surface area contributed by atoms with Crippen LogP contribution in [0.5, 0.6) is 0 Å². The average molecular weight is 260 g/mol. The van der Waals surface area contributed by atoms with Gasteiger partial charge < -0.3 is 15.5 Å². The molecule has 1 amide bonds. The first kappa shape index (κ1) is 14.8. The number of piperidine rings is 1. The van der Waals surface area contributed by atoms with E-state index in [2.05, 4.69) is 33.1 Å². The van der Waals surface area contributed by atoms with Crippen molar-refractivity contribution in [2.45, 2.75) is 24.8 Å². The number of thiol groups is 1. The van der Waals surface area contributed by atoms with Gasteiger partial charge in [-0.1, -0.05) is 12.8 Å². The highest BCUT2D eigenvalue weighted by atomic mass is 32.1. The van der Waals surface area contributed by atoms with Gasteiger partial charge in [-0.15, -0.1) is 0 Å². The van der Waals surface area contributed by atoms with Crippen molar-refractivity contribution in [2.75, 3.05) is 40.3 Å². The highest BCUT2D eigenvalue weighted by Crippen LogP contribution is 2.19. The third-order valence-electron chi connectivity index (χ3n) is 3.17. The van der Waals surface area contributed by atoms with Crippen LogP contribution in [0.25, 0.3) is 0 Å². The monoisotopic (exact) mass is 260 g/mol. The zero-order valence-electron chi connectivity index (χ0n) is 10.8. The van der Waals surface area contributed by atoms with Crippen LogP contribution in [0.4, 0.5) is 0 Å². The van der Waals surface area contributed by atoms with Crippen molar-refractivity contribution >= 4 is 18.7 Å². The second-order valence-corrected chi connectivity index (χ2v) is 5.08. The lowest BCUT2D eigenvalue weighted by atomic mass is 9.88. The van der Waals surface area contributed by atoms with E-state index in [9.17, 15) is 4.79 Å². The molecule has 0 aliphatic carbocycles. The van der Waals surface area contributed by atoms with E-state index in [0.717, 1.165) is 45.4 Å². The third kappa shape index (κ3) is 4.46. The Labute approximate surface area is 109 Å². The van der Waals surface area contributed by atoms with Gasteiger partial charge in [-0.3, -0.25) is 9.52 Å². The second kappa shape index (κ2) is 7.20. The van der Waals surface area contributed by atoms with Crippen molar-refractivity contribution in [1.29, 1.82) is 0 Å². The summed E-state index contributed by atoms with van der Waals surface area (Å²) in [6.07, 6.45) is 2.55. The lowest BCUT2D eigenvalue weighted by Gasteiger charge is -2.35. The number of hydrogen-bond donors (Lipinski definition) is 4. The maximum absolute atomic E-state index is 12.1. The van der Waals surface area contributed by atoms with E-state index in [1.807, 2.05) is 14.1 Å². The maximum Gasteiger partial charge on any atom is 0.241 e. The quantitative estimate of drug-likeness (QED) is 0.388. The molecule has 1 aliphatic rings. The van der Waals surface area contributed by atoms with Crippen molar-refractivity contribution in [3.8, 4) is 0 Å². The molecule has 0 radical (unpaired) electrons. The number of hydrogen-bond acceptors (Lipinski definition) is 5. The number of amides is 1. The minimum atomic E-state index is -0.494. The number of carbonyl (C=O) groups is 1. The number of rotatable bonds is 6. The summed E-state index contributed by atoms with van der Waals surface area (Å²) in [7, 11) is 4.07. The van der Waals surface area contributed by atoms with Gasteiger partial charge in [0.05, 0.1) is 0 Å². The molecule has 3 N–H and O–H groups in total. The average Bonchev–Trinajstić information content (AvgIpc) is 2.35. The van der Waals surface area contributed by atoms with Crippen LogP contribution in [0.15, 0.2) is 0 Å². The van der Waals surface area contributed by atoms with Gasteiger partial charge in [0.2, 0.25) is 5.91 Å².